The average molecular weight is 308 g/mol. The number of ether oxygens (including phenoxy) is 1. The summed E-state index contributed by atoms with van der Waals surface area (Å²) < 4.78 is 5.85. The molecular formula is C20H24N2O. The van der Waals surface area contributed by atoms with Crippen LogP contribution in [0.5, 0.6) is 5.75 Å². The molecule has 3 heteroatoms. The Hall–Kier alpha value is -1.84. The third kappa shape index (κ3) is 3.57. The third-order valence-corrected chi connectivity index (χ3v) is 4.97. The molecule has 0 bridgehead atoms. The SMILES string of the molecule is NC1CC(N[C@H]2C[C@@H]2c2ccc(OCc3ccccc3)cc2)C1. The van der Waals surface area contributed by atoms with Gasteiger partial charge in [-0.05, 0) is 42.5 Å². The molecule has 0 radical (unpaired) electrons. The van der Waals surface area contributed by atoms with Crippen LogP contribution in [0.2, 0.25) is 0 Å². The number of hydrogen-bond acceptors (Lipinski definition) is 3. The number of hydrogen-bond donors (Lipinski definition) is 2. The van der Waals surface area contributed by atoms with Crippen LogP contribution in [0.3, 0.4) is 0 Å². The first kappa shape index (κ1) is 14.7. The molecule has 2 saturated carbocycles. The molecule has 2 fully saturated rings. The summed E-state index contributed by atoms with van der Waals surface area (Å²) in [6.45, 7) is 0.621. The van der Waals surface area contributed by atoms with Crippen molar-refractivity contribution in [3.63, 3.8) is 0 Å². The second-order valence-corrected chi connectivity index (χ2v) is 6.89. The van der Waals surface area contributed by atoms with Gasteiger partial charge >= 0.3 is 0 Å². The molecule has 2 aromatic carbocycles. The van der Waals surface area contributed by atoms with E-state index < -0.39 is 0 Å². The molecule has 0 amide bonds. The second-order valence-electron chi connectivity index (χ2n) is 6.89. The summed E-state index contributed by atoms with van der Waals surface area (Å²) in [5.74, 6) is 1.60. The molecule has 2 atom stereocenters. The van der Waals surface area contributed by atoms with Crippen molar-refractivity contribution >= 4 is 0 Å². The van der Waals surface area contributed by atoms with Crippen LogP contribution in [0.1, 0.15) is 36.3 Å². The van der Waals surface area contributed by atoms with Crippen LogP contribution < -0.4 is 15.8 Å². The highest BCUT2D eigenvalue weighted by Crippen LogP contribution is 2.42. The van der Waals surface area contributed by atoms with Crippen molar-refractivity contribution in [3.05, 3.63) is 65.7 Å². The van der Waals surface area contributed by atoms with Crippen LogP contribution in [-0.2, 0) is 6.61 Å². The smallest absolute Gasteiger partial charge is 0.119 e. The molecule has 2 aliphatic carbocycles. The van der Waals surface area contributed by atoms with E-state index in [2.05, 4.69) is 41.7 Å². The molecule has 0 aliphatic heterocycles. The Morgan fingerprint density at radius 1 is 0.957 bits per heavy atom. The lowest BCUT2D eigenvalue weighted by atomic mass is 9.87. The van der Waals surface area contributed by atoms with Crippen LogP contribution in [-0.4, -0.2) is 18.1 Å². The van der Waals surface area contributed by atoms with Crippen LogP contribution >= 0.6 is 0 Å². The number of rotatable bonds is 6. The van der Waals surface area contributed by atoms with Gasteiger partial charge in [0.1, 0.15) is 12.4 Å². The van der Waals surface area contributed by atoms with Crippen molar-refractivity contribution < 1.29 is 4.74 Å². The molecule has 2 aromatic rings. The molecule has 23 heavy (non-hydrogen) atoms. The van der Waals surface area contributed by atoms with E-state index in [1.807, 2.05) is 18.2 Å². The average Bonchev–Trinajstić information content (AvgIpc) is 3.32. The Kier molecular flexibility index (Phi) is 4.06. The third-order valence-electron chi connectivity index (χ3n) is 4.97. The van der Waals surface area contributed by atoms with Gasteiger partial charge in [-0.15, -0.1) is 0 Å². The van der Waals surface area contributed by atoms with Gasteiger partial charge in [-0.1, -0.05) is 42.5 Å². The summed E-state index contributed by atoms with van der Waals surface area (Å²) in [5.41, 5.74) is 8.46. The van der Waals surface area contributed by atoms with Gasteiger partial charge in [-0.2, -0.15) is 0 Å². The fraction of sp³-hybridized carbons (Fsp3) is 0.400. The predicted molar refractivity (Wildman–Crippen MR) is 92.5 cm³/mol. The first-order valence-corrected chi connectivity index (χ1v) is 8.56. The zero-order valence-electron chi connectivity index (χ0n) is 13.3. The normalized spacial score (nSPS) is 28.9. The Morgan fingerprint density at radius 3 is 2.39 bits per heavy atom. The van der Waals surface area contributed by atoms with Crippen LogP contribution in [0.4, 0.5) is 0 Å². The molecule has 0 saturated heterocycles. The highest BCUT2D eigenvalue weighted by Gasteiger charge is 2.41. The minimum absolute atomic E-state index is 0.422. The molecule has 0 heterocycles. The van der Waals surface area contributed by atoms with Gasteiger partial charge in [0.15, 0.2) is 0 Å². The van der Waals surface area contributed by atoms with Gasteiger partial charge < -0.3 is 15.8 Å². The maximum absolute atomic E-state index is 5.85. The first-order valence-electron chi connectivity index (χ1n) is 8.56. The Balaban J connectivity index is 1.27. The van der Waals surface area contributed by atoms with E-state index in [0.29, 0.717) is 30.7 Å². The summed E-state index contributed by atoms with van der Waals surface area (Å²) >= 11 is 0. The van der Waals surface area contributed by atoms with E-state index in [9.17, 15) is 0 Å². The van der Waals surface area contributed by atoms with Crippen LogP contribution in [0.15, 0.2) is 54.6 Å². The van der Waals surface area contributed by atoms with E-state index in [4.69, 9.17) is 10.5 Å². The van der Waals surface area contributed by atoms with Crippen molar-refractivity contribution in [1.29, 1.82) is 0 Å². The molecule has 3 N–H and O–H groups in total. The molecule has 2 aliphatic rings. The maximum Gasteiger partial charge on any atom is 0.119 e. The fourth-order valence-electron chi connectivity index (χ4n) is 3.40. The first-order chi connectivity index (χ1) is 11.3. The maximum atomic E-state index is 5.85. The summed E-state index contributed by atoms with van der Waals surface area (Å²) in [4.78, 5) is 0. The molecule has 120 valence electrons. The Labute approximate surface area is 137 Å². The molecule has 0 unspecified atom stereocenters. The lowest BCUT2D eigenvalue weighted by Crippen LogP contribution is -2.49. The lowest BCUT2D eigenvalue weighted by molar-refractivity contribution is 0.289. The van der Waals surface area contributed by atoms with Gasteiger partial charge in [0.2, 0.25) is 0 Å². The van der Waals surface area contributed by atoms with E-state index in [0.717, 1.165) is 18.6 Å². The van der Waals surface area contributed by atoms with Crippen molar-refractivity contribution in [1.82, 2.24) is 5.32 Å². The minimum atomic E-state index is 0.422. The molecule has 3 nitrogen and oxygen atoms in total. The monoisotopic (exact) mass is 308 g/mol. The van der Waals surface area contributed by atoms with Crippen molar-refractivity contribution in [2.45, 2.75) is 49.9 Å². The highest BCUT2D eigenvalue weighted by molar-refractivity contribution is 5.34. The van der Waals surface area contributed by atoms with Gasteiger partial charge in [0, 0.05) is 24.0 Å². The highest BCUT2D eigenvalue weighted by atomic mass is 16.5. The molecule has 0 spiro atoms. The molecule has 4 rings (SSSR count). The summed E-state index contributed by atoms with van der Waals surface area (Å²) in [6, 6.07) is 20.6. The number of nitrogens with two attached hydrogens (primary N) is 1. The standard InChI is InChI=1S/C20H24N2O/c21-16-10-17(11-16)22-20-12-19(20)15-6-8-18(9-7-15)23-13-14-4-2-1-3-5-14/h1-9,16-17,19-20,22H,10-13,21H2/t16?,17?,19-,20+/m1/s1. The quantitative estimate of drug-likeness (QED) is 0.861. The Bertz CT molecular complexity index is 634. The Morgan fingerprint density at radius 2 is 1.70 bits per heavy atom. The molecule has 0 aromatic heterocycles. The summed E-state index contributed by atoms with van der Waals surface area (Å²) in [5, 5.41) is 3.72. The molecular weight excluding hydrogens is 284 g/mol. The van der Waals surface area contributed by atoms with Gasteiger partial charge in [0.05, 0.1) is 0 Å². The van der Waals surface area contributed by atoms with E-state index in [-0.39, 0.29) is 0 Å². The second kappa shape index (κ2) is 6.34. The zero-order valence-corrected chi connectivity index (χ0v) is 13.3. The topological polar surface area (TPSA) is 47.3 Å². The fourth-order valence-corrected chi connectivity index (χ4v) is 3.40. The predicted octanol–water partition coefficient (Wildman–Crippen LogP) is 3.20. The van der Waals surface area contributed by atoms with E-state index in [1.54, 1.807) is 0 Å². The van der Waals surface area contributed by atoms with Crippen molar-refractivity contribution in [2.75, 3.05) is 0 Å². The van der Waals surface area contributed by atoms with Crippen molar-refractivity contribution in [2.24, 2.45) is 5.73 Å². The number of benzene rings is 2. The van der Waals surface area contributed by atoms with E-state index in [1.165, 1.54) is 17.5 Å². The van der Waals surface area contributed by atoms with Crippen LogP contribution in [0.25, 0.3) is 0 Å². The zero-order chi connectivity index (χ0) is 15.6. The van der Waals surface area contributed by atoms with E-state index >= 15 is 0 Å². The van der Waals surface area contributed by atoms with Gasteiger partial charge in [0.25, 0.3) is 0 Å². The minimum Gasteiger partial charge on any atom is -0.489 e. The van der Waals surface area contributed by atoms with Crippen LogP contribution in [0, 0.1) is 0 Å². The lowest BCUT2D eigenvalue weighted by Gasteiger charge is -2.33. The summed E-state index contributed by atoms with van der Waals surface area (Å²) in [6.07, 6.45) is 3.51. The van der Waals surface area contributed by atoms with Gasteiger partial charge in [-0.3, -0.25) is 0 Å². The number of nitrogens with one attached hydrogen (secondary N) is 1. The van der Waals surface area contributed by atoms with Gasteiger partial charge in [-0.25, -0.2) is 0 Å². The largest absolute Gasteiger partial charge is 0.489 e. The summed E-state index contributed by atoms with van der Waals surface area (Å²) in [7, 11) is 0. The van der Waals surface area contributed by atoms with Crippen molar-refractivity contribution in [3.8, 4) is 5.75 Å².